The maximum Gasteiger partial charge on any atom is 0.153 e. The highest BCUT2D eigenvalue weighted by Crippen LogP contribution is 2.23. The minimum Gasteiger partial charge on any atom is -0.204 e. The first-order valence-electron chi connectivity index (χ1n) is 7.81. The molecule has 124 valence electrons. The molecule has 0 spiro atoms. The van der Waals surface area contributed by atoms with Gasteiger partial charge in [0.25, 0.3) is 0 Å². The molecule has 0 saturated carbocycles. The predicted octanol–water partition coefficient (Wildman–Crippen LogP) is 6.28. The summed E-state index contributed by atoms with van der Waals surface area (Å²) in [6, 6.07) is 6.32. The maximum absolute atomic E-state index is 13.7. The normalized spacial score (nSPS) is 9.96. The highest BCUT2D eigenvalue weighted by atomic mass is 32.1. The van der Waals surface area contributed by atoms with Gasteiger partial charge in [0.1, 0.15) is 5.69 Å². The summed E-state index contributed by atoms with van der Waals surface area (Å²) in [7, 11) is 0. The Morgan fingerprint density at radius 2 is 1.83 bits per heavy atom. The number of isothiocyanates is 1. The number of hydrogen-bond acceptors (Lipinski definition) is 3. The molecule has 0 saturated heterocycles. The number of hydrogen-bond donors (Lipinski definition) is 0. The molecule has 0 aliphatic rings. The van der Waals surface area contributed by atoms with E-state index in [2.05, 4.69) is 42.0 Å². The Bertz CT molecular complexity index is 785. The maximum atomic E-state index is 13.7. The summed E-state index contributed by atoms with van der Waals surface area (Å²) in [4.78, 5) is 5.56. The third-order valence-electron chi connectivity index (χ3n) is 3.44. The topological polar surface area (TPSA) is 12.4 Å². The Morgan fingerprint density at radius 3 is 2.50 bits per heavy atom. The van der Waals surface area contributed by atoms with Crippen molar-refractivity contribution in [1.82, 2.24) is 0 Å². The standard InChI is InChI=1S/C19H17F2NS2/c1-2-3-4-5-6-15-9-10-16(24-15)8-7-14-11-17(20)19(22-13-23)18(21)12-14/h9-12H,2-6H2,1H3. The summed E-state index contributed by atoms with van der Waals surface area (Å²) in [5.74, 6) is 4.17. The molecule has 0 aliphatic heterocycles. The van der Waals surface area contributed by atoms with Crippen LogP contribution in [0.3, 0.4) is 0 Å². The first kappa shape index (κ1) is 18.5. The number of nitrogens with zero attached hydrogens (tertiary/aromatic N) is 1. The van der Waals surface area contributed by atoms with E-state index >= 15 is 0 Å². The molecule has 0 bridgehead atoms. The van der Waals surface area contributed by atoms with Crippen molar-refractivity contribution in [1.29, 1.82) is 0 Å². The van der Waals surface area contributed by atoms with E-state index < -0.39 is 17.3 Å². The van der Waals surface area contributed by atoms with Gasteiger partial charge in [-0.15, -0.1) is 11.3 Å². The number of thiophene rings is 1. The van der Waals surface area contributed by atoms with Gasteiger partial charge in [-0.05, 0) is 49.3 Å². The summed E-state index contributed by atoms with van der Waals surface area (Å²) in [5.41, 5.74) is -0.160. The summed E-state index contributed by atoms with van der Waals surface area (Å²) in [6.45, 7) is 2.19. The van der Waals surface area contributed by atoms with E-state index in [0.717, 1.165) is 23.4 Å². The summed E-state index contributed by atoms with van der Waals surface area (Å²) in [5, 5.41) is 1.96. The summed E-state index contributed by atoms with van der Waals surface area (Å²) < 4.78 is 27.5. The SMILES string of the molecule is CCCCCCc1ccc(C#Cc2cc(F)c(N=C=S)c(F)c2)s1. The number of aliphatic imine (C=N–C) groups is 1. The van der Waals surface area contributed by atoms with Crippen LogP contribution < -0.4 is 0 Å². The van der Waals surface area contributed by atoms with Crippen molar-refractivity contribution in [2.45, 2.75) is 39.0 Å². The lowest BCUT2D eigenvalue weighted by Crippen LogP contribution is -1.86. The van der Waals surface area contributed by atoms with Crippen molar-refractivity contribution < 1.29 is 8.78 Å². The quantitative estimate of drug-likeness (QED) is 0.255. The van der Waals surface area contributed by atoms with Crippen LogP contribution in [0.1, 0.15) is 47.9 Å². The van der Waals surface area contributed by atoms with Crippen molar-refractivity contribution in [2.24, 2.45) is 4.99 Å². The Labute approximate surface area is 150 Å². The van der Waals surface area contributed by atoms with E-state index in [1.54, 1.807) is 11.3 Å². The van der Waals surface area contributed by atoms with Gasteiger partial charge in [0.2, 0.25) is 0 Å². The molecule has 0 aliphatic carbocycles. The average molecular weight is 361 g/mol. The second-order valence-electron chi connectivity index (χ2n) is 5.32. The van der Waals surface area contributed by atoms with Gasteiger partial charge in [-0.25, -0.2) is 8.78 Å². The lowest BCUT2D eigenvalue weighted by molar-refractivity contribution is 0.587. The van der Waals surface area contributed by atoms with Crippen LogP contribution in [0.4, 0.5) is 14.5 Å². The van der Waals surface area contributed by atoms with Crippen LogP contribution in [-0.2, 0) is 6.42 Å². The van der Waals surface area contributed by atoms with Crippen LogP contribution >= 0.6 is 23.6 Å². The minimum atomic E-state index is -0.792. The van der Waals surface area contributed by atoms with Gasteiger partial charge in [0.05, 0.1) is 10.0 Å². The molecule has 24 heavy (non-hydrogen) atoms. The largest absolute Gasteiger partial charge is 0.204 e. The first-order valence-corrected chi connectivity index (χ1v) is 9.04. The molecule has 0 amide bonds. The molecule has 1 heterocycles. The number of rotatable bonds is 6. The Morgan fingerprint density at radius 1 is 1.08 bits per heavy atom. The van der Waals surface area contributed by atoms with Crippen molar-refractivity contribution in [3.8, 4) is 11.8 Å². The molecule has 0 unspecified atom stereocenters. The molecule has 0 radical (unpaired) electrons. The molecule has 1 aromatic heterocycles. The predicted molar refractivity (Wildman–Crippen MR) is 99.2 cm³/mol. The van der Waals surface area contributed by atoms with E-state index in [1.807, 2.05) is 11.2 Å². The van der Waals surface area contributed by atoms with Crippen molar-refractivity contribution >= 4 is 34.4 Å². The van der Waals surface area contributed by atoms with Crippen molar-refractivity contribution in [2.75, 3.05) is 0 Å². The fraction of sp³-hybridized carbons (Fsp3) is 0.316. The molecule has 0 atom stereocenters. The van der Waals surface area contributed by atoms with Crippen molar-refractivity contribution in [3.63, 3.8) is 0 Å². The molecular formula is C19H17F2NS2. The van der Waals surface area contributed by atoms with Gasteiger partial charge < -0.3 is 0 Å². The Kier molecular flexibility index (Phi) is 7.27. The first-order chi connectivity index (χ1) is 11.6. The van der Waals surface area contributed by atoms with Gasteiger partial charge in [-0.1, -0.05) is 38.0 Å². The van der Waals surface area contributed by atoms with E-state index in [4.69, 9.17) is 0 Å². The van der Waals surface area contributed by atoms with Crippen molar-refractivity contribution in [3.05, 3.63) is 51.2 Å². The molecule has 5 heteroatoms. The van der Waals surface area contributed by atoms with Gasteiger partial charge in [-0.3, -0.25) is 0 Å². The second kappa shape index (κ2) is 9.44. The van der Waals surface area contributed by atoms with Crippen LogP contribution in [0.15, 0.2) is 29.3 Å². The van der Waals surface area contributed by atoms with E-state index in [9.17, 15) is 8.78 Å². The average Bonchev–Trinajstić information content (AvgIpc) is 3.01. The number of halogens is 2. The van der Waals surface area contributed by atoms with Gasteiger partial charge in [-0.2, -0.15) is 4.99 Å². The highest BCUT2D eigenvalue weighted by molar-refractivity contribution is 7.78. The molecule has 1 aromatic carbocycles. The van der Waals surface area contributed by atoms with Gasteiger partial charge in [0.15, 0.2) is 11.6 Å². The summed E-state index contributed by atoms with van der Waals surface area (Å²) in [6.07, 6.45) is 5.96. The number of aryl methyl sites for hydroxylation is 1. The lowest BCUT2D eigenvalue weighted by Gasteiger charge is -1.98. The summed E-state index contributed by atoms with van der Waals surface area (Å²) >= 11 is 6.00. The molecule has 0 fully saturated rings. The number of thiocarbonyl (C=S) groups is 1. The minimum absolute atomic E-state index is 0.270. The molecule has 2 rings (SSSR count). The van der Waals surface area contributed by atoms with Crippen LogP contribution in [-0.4, -0.2) is 5.16 Å². The van der Waals surface area contributed by atoms with Crippen LogP contribution in [0, 0.1) is 23.5 Å². The van der Waals surface area contributed by atoms with E-state index in [0.29, 0.717) is 0 Å². The number of unbranched alkanes of at least 4 members (excludes halogenated alkanes) is 3. The van der Waals surface area contributed by atoms with Gasteiger partial charge in [0, 0.05) is 10.4 Å². The van der Waals surface area contributed by atoms with E-state index in [1.165, 1.54) is 30.6 Å². The second-order valence-corrected chi connectivity index (χ2v) is 6.67. The monoisotopic (exact) mass is 361 g/mol. The Balaban J connectivity index is 2.07. The van der Waals surface area contributed by atoms with E-state index in [-0.39, 0.29) is 5.56 Å². The number of benzene rings is 1. The van der Waals surface area contributed by atoms with Gasteiger partial charge >= 0.3 is 0 Å². The molecular weight excluding hydrogens is 344 g/mol. The van der Waals surface area contributed by atoms with Crippen LogP contribution in [0.25, 0.3) is 0 Å². The van der Waals surface area contributed by atoms with Crippen LogP contribution in [0.2, 0.25) is 0 Å². The van der Waals surface area contributed by atoms with Crippen LogP contribution in [0.5, 0.6) is 0 Å². The molecule has 0 N–H and O–H groups in total. The molecule has 2 aromatic rings. The fourth-order valence-electron chi connectivity index (χ4n) is 2.23. The lowest BCUT2D eigenvalue weighted by atomic mass is 10.1. The molecule has 1 nitrogen and oxygen atoms in total. The zero-order valence-corrected chi connectivity index (χ0v) is 15.0. The zero-order valence-electron chi connectivity index (χ0n) is 13.4. The zero-order chi connectivity index (χ0) is 17.4. The third-order valence-corrected chi connectivity index (χ3v) is 4.59. The third kappa shape index (κ3) is 5.35. The Hall–Kier alpha value is -1.86. The smallest absolute Gasteiger partial charge is 0.153 e. The fourth-order valence-corrected chi connectivity index (χ4v) is 3.22. The highest BCUT2D eigenvalue weighted by Gasteiger charge is 2.09.